The summed E-state index contributed by atoms with van der Waals surface area (Å²) in [6, 6.07) is 0.809. The van der Waals surface area contributed by atoms with Crippen LogP contribution in [0.25, 0.3) is 0 Å². The Kier molecular flexibility index (Phi) is 5.63. The van der Waals surface area contributed by atoms with E-state index in [4.69, 9.17) is 5.11 Å². The van der Waals surface area contributed by atoms with Crippen LogP contribution >= 0.6 is 0 Å². The Bertz CT molecular complexity index is 266. The predicted octanol–water partition coefficient (Wildman–Crippen LogP) is 0.765. The van der Waals surface area contributed by atoms with Crippen molar-refractivity contribution in [3.05, 3.63) is 0 Å². The summed E-state index contributed by atoms with van der Waals surface area (Å²) in [5.41, 5.74) is 0.356. The van der Waals surface area contributed by atoms with Crippen LogP contribution in [0, 0.1) is 5.41 Å². The lowest BCUT2D eigenvalue weighted by molar-refractivity contribution is 0.168. The highest BCUT2D eigenvalue weighted by molar-refractivity contribution is 4.85. The average molecular weight is 269 g/mol. The number of hydrogen-bond acceptors (Lipinski definition) is 4. The Labute approximate surface area is 118 Å². The molecular weight excluding hydrogens is 238 g/mol. The van der Waals surface area contributed by atoms with Crippen LogP contribution in [0.2, 0.25) is 0 Å². The number of aliphatic hydroxyl groups excluding tert-OH is 1. The highest BCUT2D eigenvalue weighted by Gasteiger charge is 2.27. The molecule has 19 heavy (non-hydrogen) atoms. The summed E-state index contributed by atoms with van der Waals surface area (Å²) >= 11 is 0. The molecule has 4 heteroatoms. The fourth-order valence-corrected chi connectivity index (χ4v) is 2.92. The summed E-state index contributed by atoms with van der Waals surface area (Å²) in [7, 11) is 0. The summed E-state index contributed by atoms with van der Waals surface area (Å²) in [5.74, 6) is 0. The largest absolute Gasteiger partial charge is 0.395 e. The van der Waals surface area contributed by atoms with Gasteiger partial charge in [0.15, 0.2) is 0 Å². The van der Waals surface area contributed by atoms with Crippen LogP contribution in [0.1, 0.15) is 33.1 Å². The van der Waals surface area contributed by atoms with Gasteiger partial charge in [-0.2, -0.15) is 0 Å². The van der Waals surface area contributed by atoms with Crippen molar-refractivity contribution in [2.45, 2.75) is 39.2 Å². The first-order valence-corrected chi connectivity index (χ1v) is 7.88. The van der Waals surface area contributed by atoms with E-state index >= 15 is 0 Å². The van der Waals surface area contributed by atoms with E-state index in [2.05, 4.69) is 29.0 Å². The molecule has 1 saturated heterocycles. The molecule has 0 bridgehead atoms. The number of rotatable bonds is 7. The monoisotopic (exact) mass is 269 g/mol. The van der Waals surface area contributed by atoms with Gasteiger partial charge in [0, 0.05) is 38.8 Å². The Morgan fingerprint density at radius 3 is 2.47 bits per heavy atom. The molecule has 0 aromatic carbocycles. The Balaban J connectivity index is 1.71. The van der Waals surface area contributed by atoms with Crippen LogP contribution in [0.5, 0.6) is 0 Å². The molecule has 0 atom stereocenters. The molecule has 0 spiro atoms. The molecule has 0 unspecified atom stereocenters. The minimum absolute atomic E-state index is 0.288. The second kappa shape index (κ2) is 7.02. The van der Waals surface area contributed by atoms with Gasteiger partial charge in [0.05, 0.1) is 6.61 Å². The van der Waals surface area contributed by atoms with Gasteiger partial charge in [-0.15, -0.1) is 0 Å². The van der Waals surface area contributed by atoms with Gasteiger partial charge >= 0.3 is 0 Å². The predicted molar refractivity (Wildman–Crippen MR) is 79.4 cm³/mol. The number of nitrogens with zero attached hydrogens (tertiary/aromatic N) is 2. The fraction of sp³-hybridized carbons (Fsp3) is 1.00. The van der Waals surface area contributed by atoms with Crippen LogP contribution in [-0.4, -0.2) is 73.4 Å². The van der Waals surface area contributed by atoms with Crippen molar-refractivity contribution in [3.8, 4) is 0 Å². The number of β-amino-alcohol motifs (C(OH)–C–C–N with tert-alkyl or cyclic N) is 1. The minimum Gasteiger partial charge on any atom is -0.395 e. The molecule has 0 aromatic heterocycles. The Morgan fingerprint density at radius 1 is 1.11 bits per heavy atom. The van der Waals surface area contributed by atoms with Crippen LogP contribution in [0.3, 0.4) is 0 Å². The molecule has 1 heterocycles. The van der Waals surface area contributed by atoms with Crippen molar-refractivity contribution in [2.24, 2.45) is 5.41 Å². The SMILES string of the molecule is CC(C)(CNC1CC1)CN1CCCN(CCO)CC1. The number of aliphatic hydroxyl groups is 1. The van der Waals surface area contributed by atoms with Crippen LogP contribution in [0.15, 0.2) is 0 Å². The van der Waals surface area contributed by atoms with E-state index in [-0.39, 0.29) is 6.61 Å². The first kappa shape index (κ1) is 15.2. The quantitative estimate of drug-likeness (QED) is 0.716. The van der Waals surface area contributed by atoms with E-state index in [1.807, 2.05) is 0 Å². The van der Waals surface area contributed by atoms with Gasteiger partial charge in [-0.1, -0.05) is 13.8 Å². The zero-order chi connectivity index (χ0) is 13.7. The molecular formula is C15H31N3O. The lowest BCUT2D eigenvalue weighted by Crippen LogP contribution is -2.42. The molecule has 2 N–H and O–H groups in total. The minimum atomic E-state index is 0.288. The third kappa shape index (κ3) is 5.78. The highest BCUT2D eigenvalue weighted by atomic mass is 16.3. The molecule has 4 nitrogen and oxygen atoms in total. The highest BCUT2D eigenvalue weighted by Crippen LogP contribution is 2.22. The maximum Gasteiger partial charge on any atom is 0.0558 e. The van der Waals surface area contributed by atoms with Gasteiger partial charge in [0.1, 0.15) is 0 Å². The molecule has 2 aliphatic rings. The van der Waals surface area contributed by atoms with E-state index in [9.17, 15) is 0 Å². The standard InChI is InChI=1S/C15H31N3O/c1-15(2,12-16-14-4-5-14)13-18-7-3-6-17(8-9-18)10-11-19/h14,16,19H,3-13H2,1-2H3. The lowest BCUT2D eigenvalue weighted by atomic mass is 9.92. The van der Waals surface area contributed by atoms with Crippen molar-refractivity contribution in [2.75, 3.05) is 52.4 Å². The second-order valence-corrected chi connectivity index (χ2v) is 7.01. The molecule has 0 radical (unpaired) electrons. The molecule has 2 rings (SSSR count). The van der Waals surface area contributed by atoms with E-state index in [0.29, 0.717) is 5.41 Å². The molecule has 0 aromatic rings. The number of nitrogens with one attached hydrogen (secondary N) is 1. The average Bonchev–Trinajstić information content (AvgIpc) is 3.16. The third-order valence-electron chi connectivity index (χ3n) is 4.20. The van der Waals surface area contributed by atoms with Crippen LogP contribution < -0.4 is 5.32 Å². The van der Waals surface area contributed by atoms with Crippen LogP contribution in [-0.2, 0) is 0 Å². The Hall–Kier alpha value is -0.160. The summed E-state index contributed by atoms with van der Waals surface area (Å²) in [6.07, 6.45) is 3.97. The fourth-order valence-electron chi connectivity index (χ4n) is 2.92. The lowest BCUT2D eigenvalue weighted by Gasteiger charge is -2.32. The van der Waals surface area contributed by atoms with Gasteiger partial charge in [0.25, 0.3) is 0 Å². The molecule has 2 fully saturated rings. The third-order valence-corrected chi connectivity index (χ3v) is 4.20. The number of hydrogen-bond donors (Lipinski definition) is 2. The maximum absolute atomic E-state index is 9.03. The molecule has 112 valence electrons. The first-order valence-electron chi connectivity index (χ1n) is 7.88. The smallest absolute Gasteiger partial charge is 0.0558 e. The van der Waals surface area contributed by atoms with Gasteiger partial charge in [-0.05, 0) is 37.8 Å². The van der Waals surface area contributed by atoms with Crippen molar-refractivity contribution >= 4 is 0 Å². The van der Waals surface area contributed by atoms with E-state index < -0.39 is 0 Å². The van der Waals surface area contributed by atoms with Gasteiger partial charge in [-0.3, -0.25) is 4.90 Å². The summed E-state index contributed by atoms with van der Waals surface area (Å²) < 4.78 is 0. The molecule has 1 aliphatic carbocycles. The van der Waals surface area contributed by atoms with Crippen molar-refractivity contribution in [1.29, 1.82) is 0 Å². The summed E-state index contributed by atoms with van der Waals surface area (Å²) in [6.45, 7) is 12.8. The van der Waals surface area contributed by atoms with Gasteiger partial charge < -0.3 is 15.3 Å². The summed E-state index contributed by atoms with van der Waals surface area (Å²) in [5, 5.41) is 12.7. The van der Waals surface area contributed by atoms with Gasteiger partial charge in [0.2, 0.25) is 0 Å². The zero-order valence-corrected chi connectivity index (χ0v) is 12.7. The van der Waals surface area contributed by atoms with Crippen molar-refractivity contribution < 1.29 is 5.11 Å². The zero-order valence-electron chi connectivity index (χ0n) is 12.7. The normalized spacial score (nSPS) is 23.5. The van der Waals surface area contributed by atoms with Crippen LogP contribution in [0.4, 0.5) is 0 Å². The topological polar surface area (TPSA) is 38.7 Å². The van der Waals surface area contributed by atoms with Crippen molar-refractivity contribution in [3.63, 3.8) is 0 Å². The first-order chi connectivity index (χ1) is 9.09. The molecule has 1 aliphatic heterocycles. The Morgan fingerprint density at radius 2 is 1.79 bits per heavy atom. The second-order valence-electron chi connectivity index (χ2n) is 7.01. The summed E-state index contributed by atoms with van der Waals surface area (Å²) in [4.78, 5) is 4.99. The van der Waals surface area contributed by atoms with Crippen molar-refractivity contribution in [1.82, 2.24) is 15.1 Å². The van der Waals surface area contributed by atoms with E-state index in [0.717, 1.165) is 38.8 Å². The van der Waals surface area contributed by atoms with E-state index in [1.54, 1.807) is 0 Å². The van der Waals surface area contributed by atoms with E-state index in [1.165, 1.54) is 32.4 Å². The maximum atomic E-state index is 9.03. The molecule has 1 saturated carbocycles. The molecule has 0 amide bonds. The van der Waals surface area contributed by atoms with Gasteiger partial charge in [-0.25, -0.2) is 0 Å².